The zero-order valence-electron chi connectivity index (χ0n) is 16.2. The predicted octanol–water partition coefficient (Wildman–Crippen LogP) is 3.30. The number of methoxy groups -OCH3 is 1. The number of nitrogens with one attached hydrogen (secondary N) is 2. The molecule has 0 amide bonds. The van der Waals surface area contributed by atoms with Crippen LogP contribution in [-0.2, 0) is 12.0 Å². The van der Waals surface area contributed by atoms with Gasteiger partial charge in [0, 0.05) is 13.1 Å². The summed E-state index contributed by atoms with van der Waals surface area (Å²) in [5.41, 5.74) is 0.143. The fourth-order valence-electron chi connectivity index (χ4n) is 2.53. The Morgan fingerprint density at radius 1 is 1.22 bits per heavy atom. The van der Waals surface area contributed by atoms with E-state index >= 15 is 0 Å². The second kappa shape index (κ2) is 11.9. The number of furan rings is 1. The summed E-state index contributed by atoms with van der Waals surface area (Å²) < 4.78 is 10.5. The van der Waals surface area contributed by atoms with Gasteiger partial charge in [-0.1, -0.05) is 12.1 Å². The standard InChI is InChI=1S/C20H29N3O3.HI/c1-4-21-19(23-15-20(2,24)18-8-6-14-26-18)22-13-5-7-16-9-11-17(25-3)12-10-16;/h6,8-12,14,24H,4-5,7,13,15H2,1-3H3,(H2,21,22,23);1H. The van der Waals surface area contributed by atoms with E-state index < -0.39 is 5.60 Å². The van der Waals surface area contributed by atoms with Crippen molar-refractivity contribution in [3.05, 3.63) is 54.0 Å². The SMILES string of the molecule is CCNC(=NCC(C)(O)c1ccco1)NCCCc1ccc(OC)cc1.I. The minimum Gasteiger partial charge on any atom is -0.497 e. The van der Waals surface area contributed by atoms with Crippen molar-refractivity contribution in [1.82, 2.24) is 10.6 Å². The van der Waals surface area contributed by atoms with Gasteiger partial charge in [-0.25, -0.2) is 4.99 Å². The van der Waals surface area contributed by atoms with Crippen LogP contribution < -0.4 is 15.4 Å². The molecular formula is C20H30IN3O3. The van der Waals surface area contributed by atoms with Gasteiger partial charge in [0.25, 0.3) is 0 Å². The van der Waals surface area contributed by atoms with E-state index in [0.717, 1.165) is 31.7 Å². The predicted molar refractivity (Wildman–Crippen MR) is 119 cm³/mol. The molecule has 0 fully saturated rings. The molecule has 0 aliphatic rings. The van der Waals surface area contributed by atoms with E-state index in [-0.39, 0.29) is 30.5 Å². The molecule has 2 aromatic rings. The number of hydrogen-bond acceptors (Lipinski definition) is 4. The summed E-state index contributed by atoms with van der Waals surface area (Å²) in [4.78, 5) is 4.48. The number of aliphatic imine (C=N–C) groups is 1. The Bertz CT molecular complexity index is 670. The van der Waals surface area contributed by atoms with Gasteiger partial charge in [0.15, 0.2) is 5.96 Å². The van der Waals surface area contributed by atoms with Crippen LogP contribution in [-0.4, -0.2) is 37.8 Å². The topological polar surface area (TPSA) is 79.0 Å². The molecule has 7 heteroatoms. The second-order valence-electron chi connectivity index (χ2n) is 6.32. The normalized spacial score (nSPS) is 13.4. The summed E-state index contributed by atoms with van der Waals surface area (Å²) in [6.45, 7) is 5.48. The summed E-state index contributed by atoms with van der Waals surface area (Å²) in [5.74, 6) is 2.07. The number of rotatable bonds is 9. The lowest BCUT2D eigenvalue weighted by Crippen LogP contribution is -2.39. The minimum atomic E-state index is -1.13. The highest BCUT2D eigenvalue weighted by Crippen LogP contribution is 2.21. The first kappa shape index (κ1) is 23.3. The lowest BCUT2D eigenvalue weighted by Gasteiger charge is -2.19. The van der Waals surface area contributed by atoms with Crippen molar-refractivity contribution in [2.75, 3.05) is 26.7 Å². The number of guanidine groups is 1. The van der Waals surface area contributed by atoms with Crippen LogP contribution in [0.4, 0.5) is 0 Å². The Morgan fingerprint density at radius 3 is 2.56 bits per heavy atom. The van der Waals surface area contributed by atoms with Gasteiger partial charge in [-0.3, -0.25) is 0 Å². The van der Waals surface area contributed by atoms with Gasteiger partial charge in [0.05, 0.1) is 19.9 Å². The summed E-state index contributed by atoms with van der Waals surface area (Å²) in [5, 5.41) is 17.0. The first-order valence-corrected chi connectivity index (χ1v) is 8.96. The number of halogens is 1. The van der Waals surface area contributed by atoms with Crippen molar-refractivity contribution >= 4 is 29.9 Å². The highest BCUT2D eigenvalue weighted by molar-refractivity contribution is 14.0. The fraction of sp³-hybridized carbons (Fsp3) is 0.450. The molecule has 27 heavy (non-hydrogen) atoms. The largest absolute Gasteiger partial charge is 0.497 e. The van der Waals surface area contributed by atoms with Crippen LogP contribution in [0.5, 0.6) is 5.75 Å². The summed E-state index contributed by atoms with van der Waals surface area (Å²) >= 11 is 0. The van der Waals surface area contributed by atoms with Gasteiger partial charge in [-0.05, 0) is 56.5 Å². The number of hydrogen-bond donors (Lipinski definition) is 3. The second-order valence-corrected chi connectivity index (χ2v) is 6.32. The molecule has 0 aliphatic carbocycles. The fourth-order valence-corrected chi connectivity index (χ4v) is 2.53. The van der Waals surface area contributed by atoms with E-state index in [1.165, 1.54) is 5.56 Å². The maximum absolute atomic E-state index is 10.5. The lowest BCUT2D eigenvalue weighted by molar-refractivity contribution is 0.0437. The Morgan fingerprint density at radius 2 is 1.96 bits per heavy atom. The van der Waals surface area contributed by atoms with Gasteiger partial charge in [0.1, 0.15) is 17.1 Å². The van der Waals surface area contributed by atoms with Crippen LogP contribution in [0.25, 0.3) is 0 Å². The van der Waals surface area contributed by atoms with Crippen molar-refractivity contribution in [2.45, 2.75) is 32.3 Å². The summed E-state index contributed by atoms with van der Waals surface area (Å²) in [7, 11) is 1.67. The third-order valence-electron chi connectivity index (χ3n) is 4.04. The van der Waals surface area contributed by atoms with E-state index in [9.17, 15) is 5.11 Å². The maximum Gasteiger partial charge on any atom is 0.191 e. The Labute approximate surface area is 178 Å². The zero-order chi connectivity index (χ0) is 18.8. The van der Waals surface area contributed by atoms with Gasteiger partial charge < -0.3 is 24.9 Å². The van der Waals surface area contributed by atoms with Crippen molar-refractivity contribution in [2.24, 2.45) is 4.99 Å². The van der Waals surface area contributed by atoms with E-state index in [0.29, 0.717) is 11.7 Å². The molecule has 3 N–H and O–H groups in total. The van der Waals surface area contributed by atoms with Crippen LogP contribution in [0.15, 0.2) is 52.1 Å². The zero-order valence-corrected chi connectivity index (χ0v) is 18.5. The molecule has 1 atom stereocenters. The monoisotopic (exact) mass is 487 g/mol. The molecule has 0 aliphatic heterocycles. The van der Waals surface area contributed by atoms with Crippen LogP contribution in [0.3, 0.4) is 0 Å². The van der Waals surface area contributed by atoms with Gasteiger partial charge >= 0.3 is 0 Å². The van der Waals surface area contributed by atoms with Gasteiger partial charge in [-0.15, -0.1) is 24.0 Å². The van der Waals surface area contributed by atoms with Crippen molar-refractivity contribution in [3.8, 4) is 5.75 Å². The van der Waals surface area contributed by atoms with Crippen LogP contribution in [0.1, 0.15) is 31.6 Å². The Hall–Kier alpha value is -1.74. The first-order chi connectivity index (χ1) is 12.5. The summed E-state index contributed by atoms with van der Waals surface area (Å²) in [6.07, 6.45) is 3.50. The van der Waals surface area contributed by atoms with Crippen LogP contribution in [0, 0.1) is 0 Å². The Kier molecular flexibility index (Phi) is 10.2. The van der Waals surface area contributed by atoms with Gasteiger partial charge in [-0.2, -0.15) is 0 Å². The quantitative estimate of drug-likeness (QED) is 0.219. The molecule has 0 spiro atoms. The van der Waals surface area contributed by atoms with Crippen molar-refractivity contribution < 1.29 is 14.3 Å². The number of ether oxygens (including phenoxy) is 1. The van der Waals surface area contributed by atoms with E-state index in [1.807, 2.05) is 19.1 Å². The molecule has 1 aromatic heterocycles. The highest BCUT2D eigenvalue weighted by atomic mass is 127. The number of benzene rings is 1. The molecule has 0 saturated heterocycles. The van der Waals surface area contributed by atoms with Crippen LogP contribution >= 0.6 is 24.0 Å². The average Bonchev–Trinajstić information content (AvgIpc) is 3.19. The van der Waals surface area contributed by atoms with Gasteiger partial charge in [0.2, 0.25) is 0 Å². The molecule has 150 valence electrons. The maximum atomic E-state index is 10.5. The molecular weight excluding hydrogens is 457 g/mol. The Balaban J connectivity index is 0.00000364. The molecule has 2 rings (SSSR count). The van der Waals surface area contributed by atoms with E-state index in [2.05, 4.69) is 27.8 Å². The molecule has 1 aromatic carbocycles. The minimum absolute atomic E-state index is 0. The van der Waals surface area contributed by atoms with E-state index in [1.54, 1.807) is 32.4 Å². The van der Waals surface area contributed by atoms with Crippen molar-refractivity contribution in [3.63, 3.8) is 0 Å². The molecule has 0 bridgehead atoms. The lowest BCUT2D eigenvalue weighted by atomic mass is 10.0. The van der Waals surface area contributed by atoms with Crippen molar-refractivity contribution in [1.29, 1.82) is 0 Å². The highest BCUT2D eigenvalue weighted by Gasteiger charge is 2.25. The molecule has 1 unspecified atom stereocenters. The smallest absolute Gasteiger partial charge is 0.191 e. The molecule has 1 heterocycles. The first-order valence-electron chi connectivity index (χ1n) is 8.96. The molecule has 0 saturated carbocycles. The molecule has 6 nitrogen and oxygen atoms in total. The third-order valence-corrected chi connectivity index (χ3v) is 4.04. The average molecular weight is 487 g/mol. The van der Waals surface area contributed by atoms with Crippen LogP contribution in [0.2, 0.25) is 0 Å². The van der Waals surface area contributed by atoms with E-state index in [4.69, 9.17) is 9.15 Å². The number of aliphatic hydroxyl groups is 1. The number of nitrogens with zero attached hydrogens (tertiary/aromatic N) is 1. The number of aryl methyl sites for hydroxylation is 1. The third kappa shape index (κ3) is 7.80. The molecule has 0 radical (unpaired) electrons. The summed E-state index contributed by atoms with van der Waals surface area (Å²) in [6, 6.07) is 11.6.